The Morgan fingerprint density at radius 2 is 1.94 bits per heavy atom. The van der Waals surface area contributed by atoms with E-state index >= 15 is 0 Å². The molecule has 0 saturated heterocycles. The van der Waals surface area contributed by atoms with Gasteiger partial charge in [-0.1, -0.05) is 13.8 Å². The van der Waals surface area contributed by atoms with E-state index in [0.717, 1.165) is 13.1 Å². The van der Waals surface area contributed by atoms with Crippen LogP contribution >= 0.6 is 0 Å². The standard InChI is InChI=1S/C13H23N3/c1-11(2)13(9-14-3)16(4)10-12-5-7-15-8-6-12/h5-8,11,13-14H,9-10H2,1-4H3. The summed E-state index contributed by atoms with van der Waals surface area (Å²) in [7, 11) is 4.19. The van der Waals surface area contributed by atoms with Crippen LogP contribution in [0.4, 0.5) is 0 Å². The largest absolute Gasteiger partial charge is 0.318 e. The second kappa shape index (κ2) is 6.61. The van der Waals surface area contributed by atoms with Crippen molar-refractivity contribution in [1.82, 2.24) is 15.2 Å². The van der Waals surface area contributed by atoms with Gasteiger partial charge in [0.1, 0.15) is 0 Å². The first kappa shape index (κ1) is 13.1. The van der Waals surface area contributed by atoms with Crippen LogP contribution in [0.3, 0.4) is 0 Å². The van der Waals surface area contributed by atoms with Crippen molar-refractivity contribution in [2.45, 2.75) is 26.4 Å². The summed E-state index contributed by atoms with van der Waals surface area (Å²) in [4.78, 5) is 6.44. The molecule has 0 aliphatic heterocycles. The molecule has 0 aliphatic carbocycles. The van der Waals surface area contributed by atoms with Crippen LogP contribution in [0.1, 0.15) is 19.4 Å². The third kappa shape index (κ3) is 3.91. The molecule has 0 fully saturated rings. The van der Waals surface area contributed by atoms with Crippen molar-refractivity contribution < 1.29 is 0 Å². The molecule has 1 heterocycles. The molecule has 0 radical (unpaired) electrons. The van der Waals surface area contributed by atoms with Crippen molar-refractivity contribution in [3.8, 4) is 0 Å². The van der Waals surface area contributed by atoms with Gasteiger partial charge in [0.05, 0.1) is 0 Å². The normalized spacial score (nSPS) is 13.4. The molecule has 0 saturated carbocycles. The molecule has 3 heteroatoms. The summed E-state index contributed by atoms with van der Waals surface area (Å²) in [5.74, 6) is 0.652. The summed E-state index contributed by atoms with van der Waals surface area (Å²) >= 11 is 0. The Labute approximate surface area is 98.9 Å². The summed E-state index contributed by atoms with van der Waals surface area (Å²) in [5.41, 5.74) is 1.32. The molecule has 1 N–H and O–H groups in total. The summed E-state index contributed by atoms with van der Waals surface area (Å²) in [6, 6.07) is 4.72. The molecular weight excluding hydrogens is 198 g/mol. The smallest absolute Gasteiger partial charge is 0.0271 e. The molecule has 0 aromatic carbocycles. The molecule has 0 spiro atoms. The molecule has 1 aromatic heterocycles. The second-order valence-electron chi connectivity index (χ2n) is 4.64. The maximum absolute atomic E-state index is 4.04. The van der Waals surface area contributed by atoms with Gasteiger partial charge in [-0.05, 0) is 37.7 Å². The Balaban J connectivity index is 2.58. The van der Waals surface area contributed by atoms with Crippen LogP contribution in [-0.2, 0) is 6.54 Å². The van der Waals surface area contributed by atoms with E-state index in [0.29, 0.717) is 12.0 Å². The van der Waals surface area contributed by atoms with E-state index in [1.807, 2.05) is 19.4 Å². The van der Waals surface area contributed by atoms with E-state index in [4.69, 9.17) is 0 Å². The average molecular weight is 221 g/mol. The van der Waals surface area contributed by atoms with Gasteiger partial charge in [0.25, 0.3) is 0 Å². The van der Waals surface area contributed by atoms with E-state index in [1.165, 1.54) is 5.56 Å². The fourth-order valence-electron chi connectivity index (χ4n) is 2.00. The Bertz CT molecular complexity index is 284. The molecular formula is C13H23N3. The van der Waals surface area contributed by atoms with E-state index in [1.54, 1.807) is 0 Å². The first-order valence-corrected chi connectivity index (χ1v) is 5.89. The van der Waals surface area contributed by atoms with E-state index in [-0.39, 0.29) is 0 Å². The lowest BCUT2D eigenvalue weighted by Crippen LogP contribution is -2.42. The predicted molar refractivity (Wildman–Crippen MR) is 68.3 cm³/mol. The average Bonchev–Trinajstić information content (AvgIpc) is 2.26. The van der Waals surface area contributed by atoms with Crippen LogP contribution in [0.5, 0.6) is 0 Å². The van der Waals surface area contributed by atoms with Crippen LogP contribution < -0.4 is 5.32 Å². The van der Waals surface area contributed by atoms with Gasteiger partial charge in [0.15, 0.2) is 0 Å². The fourth-order valence-corrected chi connectivity index (χ4v) is 2.00. The maximum Gasteiger partial charge on any atom is 0.0271 e. The maximum atomic E-state index is 4.04. The van der Waals surface area contributed by atoms with Gasteiger partial charge in [0, 0.05) is 31.5 Å². The summed E-state index contributed by atoms with van der Waals surface area (Å²) in [6.45, 7) is 6.54. The Kier molecular flexibility index (Phi) is 5.43. The summed E-state index contributed by atoms with van der Waals surface area (Å²) in [5, 5.41) is 3.26. The zero-order valence-electron chi connectivity index (χ0n) is 10.8. The number of hydrogen-bond donors (Lipinski definition) is 1. The Morgan fingerprint density at radius 3 is 2.44 bits per heavy atom. The molecule has 0 amide bonds. The van der Waals surface area contributed by atoms with Crippen molar-refractivity contribution in [3.05, 3.63) is 30.1 Å². The topological polar surface area (TPSA) is 28.2 Å². The van der Waals surface area contributed by atoms with Crippen molar-refractivity contribution in [2.75, 3.05) is 20.6 Å². The Morgan fingerprint density at radius 1 is 1.31 bits per heavy atom. The van der Waals surface area contributed by atoms with Crippen LogP contribution in [0.25, 0.3) is 0 Å². The van der Waals surface area contributed by atoms with Crippen LogP contribution in [0, 0.1) is 5.92 Å². The van der Waals surface area contributed by atoms with Crippen molar-refractivity contribution in [1.29, 1.82) is 0 Å². The number of nitrogens with zero attached hydrogens (tertiary/aromatic N) is 2. The van der Waals surface area contributed by atoms with Crippen molar-refractivity contribution >= 4 is 0 Å². The minimum absolute atomic E-state index is 0.568. The zero-order chi connectivity index (χ0) is 12.0. The van der Waals surface area contributed by atoms with Crippen LogP contribution in [0.15, 0.2) is 24.5 Å². The van der Waals surface area contributed by atoms with Gasteiger partial charge in [-0.3, -0.25) is 9.88 Å². The number of hydrogen-bond acceptors (Lipinski definition) is 3. The van der Waals surface area contributed by atoms with Gasteiger partial charge < -0.3 is 5.32 Å². The zero-order valence-corrected chi connectivity index (χ0v) is 10.8. The predicted octanol–water partition coefficient (Wildman–Crippen LogP) is 1.76. The molecule has 90 valence electrons. The van der Waals surface area contributed by atoms with Gasteiger partial charge in [-0.2, -0.15) is 0 Å². The third-order valence-electron chi connectivity index (χ3n) is 2.93. The Hall–Kier alpha value is -0.930. The third-order valence-corrected chi connectivity index (χ3v) is 2.93. The lowest BCUT2D eigenvalue weighted by Gasteiger charge is -2.31. The molecule has 0 aliphatic rings. The highest BCUT2D eigenvalue weighted by atomic mass is 15.1. The summed E-state index contributed by atoms with van der Waals surface area (Å²) < 4.78 is 0. The highest BCUT2D eigenvalue weighted by Gasteiger charge is 2.17. The molecule has 3 nitrogen and oxygen atoms in total. The first-order valence-electron chi connectivity index (χ1n) is 5.89. The number of likely N-dealkylation sites (N-methyl/N-ethyl adjacent to an activating group) is 2. The van der Waals surface area contributed by atoms with Gasteiger partial charge in [-0.15, -0.1) is 0 Å². The molecule has 1 aromatic rings. The fraction of sp³-hybridized carbons (Fsp3) is 0.615. The molecule has 1 rings (SSSR count). The SMILES string of the molecule is CNCC(C(C)C)N(C)Cc1ccncc1. The lowest BCUT2D eigenvalue weighted by molar-refractivity contribution is 0.182. The lowest BCUT2D eigenvalue weighted by atomic mass is 10.0. The summed E-state index contributed by atoms with van der Waals surface area (Å²) in [6.07, 6.45) is 3.71. The first-order chi connectivity index (χ1) is 7.65. The minimum atomic E-state index is 0.568. The van der Waals surface area contributed by atoms with Gasteiger partial charge in [0.2, 0.25) is 0 Å². The number of nitrogens with one attached hydrogen (secondary N) is 1. The molecule has 16 heavy (non-hydrogen) atoms. The quantitative estimate of drug-likeness (QED) is 0.793. The highest BCUT2D eigenvalue weighted by molar-refractivity contribution is 5.09. The number of rotatable bonds is 6. The van der Waals surface area contributed by atoms with Gasteiger partial charge >= 0.3 is 0 Å². The van der Waals surface area contributed by atoms with Crippen LogP contribution in [-0.4, -0.2) is 36.6 Å². The molecule has 0 bridgehead atoms. The van der Waals surface area contributed by atoms with Crippen molar-refractivity contribution in [3.63, 3.8) is 0 Å². The van der Waals surface area contributed by atoms with E-state index in [2.05, 4.69) is 48.2 Å². The molecule has 1 unspecified atom stereocenters. The van der Waals surface area contributed by atoms with Gasteiger partial charge in [-0.25, -0.2) is 0 Å². The van der Waals surface area contributed by atoms with Crippen LogP contribution in [0.2, 0.25) is 0 Å². The molecule has 1 atom stereocenters. The minimum Gasteiger partial charge on any atom is -0.318 e. The van der Waals surface area contributed by atoms with E-state index in [9.17, 15) is 0 Å². The van der Waals surface area contributed by atoms with Crippen molar-refractivity contribution in [2.24, 2.45) is 5.92 Å². The second-order valence-corrected chi connectivity index (χ2v) is 4.64. The monoisotopic (exact) mass is 221 g/mol. The van der Waals surface area contributed by atoms with E-state index < -0.39 is 0 Å². The number of aromatic nitrogens is 1. The highest BCUT2D eigenvalue weighted by Crippen LogP contribution is 2.11. The number of pyridine rings is 1.